The molecule has 0 spiro atoms. The number of esters is 2. The van der Waals surface area contributed by atoms with Gasteiger partial charge >= 0.3 is 11.9 Å². The van der Waals surface area contributed by atoms with Gasteiger partial charge in [-0.1, -0.05) is 0 Å². The van der Waals surface area contributed by atoms with Crippen LogP contribution in [0.15, 0.2) is 0 Å². The van der Waals surface area contributed by atoms with Crippen LogP contribution < -0.4 is 0 Å². The van der Waals surface area contributed by atoms with Gasteiger partial charge in [-0.05, 0) is 79.8 Å². The fourth-order valence-electron chi connectivity index (χ4n) is 3.25. The maximum atomic E-state index is 11.0. The fourth-order valence-corrected chi connectivity index (χ4v) is 5.28. The molecular weight excluding hydrogens is 356 g/mol. The lowest BCUT2D eigenvalue weighted by atomic mass is 9.97. The second kappa shape index (κ2) is 12.9. The number of ether oxygens (including phenoxy) is 2. The molecule has 0 aromatic rings. The summed E-state index contributed by atoms with van der Waals surface area (Å²) in [5.74, 6) is 6.13. The number of carbonyl (C=O) groups excluding carboxylic acids is 2. The summed E-state index contributed by atoms with van der Waals surface area (Å²) in [6.07, 6.45) is 9.43. The third-order valence-corrected chi connectivity index (χ3v) is 7.16. The van der Waals surface area contributed by atoms with Crippen molar-refractivity contribution in [1.82, 2.24) is 0 Å². The second-order valence-corrected chi connectivity index (χ2v) is 9.49. The zero-order chi connectivity index (χ0) is 17.7. The predicted molar refractivity (Wildman–Crippen MR) is 105 cm³/mol. The molecular formula is C19H32O4S2. The van der Waals surface area contributed by atoms with E-state index in [9.17, 15) is 9.59 Å². The molecule has 0 radical (unpaired) electrons. The van der Waals surface area contributed by atoms with Crippen LogP contribution in [0.4, 0.5) is 0 Å². The van der Waals surface area contributed by atoms with Gasteiger partial charge in [0, 0.05) is 12.8 Å². The lowest BCUT2D eigenvalue weighted by molar-refractivity contribution is -0.150. The molecule has 0 aliphatic carbocycles. The average molecular weight is 389 g/mol. The molecule has 0 aromatic heterocycles. The highest BCUT2D eigenvalue weighted by Gasteiger charge is 2.19. The SMILES string of the molecule is O=C1CCC(CCCSCCCSCCCC2CCC(=O)OC2)CO1. The van der Waals surface area contributed by atoms with Crippen molar-refractivity contribution in [2.45, 2.75) is 57.8 Å². The van der Waals surface area contributed by atoms with Crippen molar-refractivity contribution in [3.8, 4) is 0 Å². The van der Waals surface area contributed by atoms with E-state index >= 15 is 0 Å². The Hall–Kier alpha value is -0.360. The first-order chi connectivity index (χ1) is 12.2. The van der Waals surface area contributed by atoms with Gasteiger partial charge in [0.1, 0.15) is 0 Å². The molecule has 25 heavy (non-hydrogen) atoms. The van der Waals surface area contributed by atoms with E-state index in [1.165, 1.54) is 55.1 Å². The lowest BCUT2D eigenvalue weighted by Gasteiger charge is -2.21. The molecule has 2 rings (SSSR count). The number of cyclic esters (lactones) is 2. The normalized spacial score (nSPS) is 24.0. The van der Waals surface area contributed by atoms with Crippen molar-refractivity contribution in [1.29, 1.82) is 0 Å². The monoisotopic (exact) mass is 388 g/mol. The first-order valence-electron chi connectivity index (χ1n) is 9.71. The smallest absolute Gasteiger partial charge is 0.305 e. The van der Waals surface area contributed by atoms with Crippen molar-refractivity contribution in [3.63, 3.8) is 0 Å². The Labute approximate surface area is 160 Å². The molecule has 2 atom stereocenters. The van der Waals surface area contributed by atoms with Crippen LogP contribution in [0.25, 0.3) is 0 Å². The van der Waals surface area contributed by atoms with Crippen LogP contribution in [0.5, 0.6) is 0 Å². The van der Waals surface area contributed by atoms with Crippen LogP contribution in [-0.4, -0.2) is 48.2 Å². The maximum absolute atomic E-state index is 11.0. The van der Waals surface area contributed by atoms with Gasteiger partial charge in [-0.15, -0.1) is 0 Å². The minimum atomic E-state index is -0.0229. The van der Waals surface area contributed by atoms with E-state index in [0.29, 0.717) is 37.9 Å². The molecule has 2 fully saturated rings. The topological polar surface area (TPSA) is 52.6 Å². The summed E-state index contributed by atoms with van der Waals surface area (Å²) in [5, 5.41) is 0. The third-order valence-electron chi connectivity index (χ3n) is 4.85. The van der Waals surface area contributed by atoms with Gasteiger partial charge in [0.05, 0.1) is 13.2 Å². The number of hydrogen-bond donors (Lipinski definition) is 0. The molecule has 2 unspecified atom stereocenters. The summed E-state index contributed by atoms with van der Waals surface area (Å²) in [4.78, 5) is 22.0. The molecule has 0 amide bonds. The van der Waals surface area contributed by atoms with Gasteiger partial charge in [0.2, 0.25) is 0 Å². The summed E-state index contributed by atoms with van der Waals surface area (Å²) in [6, 6.07) is 0. The van der Waals surface area contributed by atoms with Crippen molar-refractivity contribution in [2.24, 2.45) is 11.8 Å². The first kappa shape index (κ1) is 20.9. The molecule has 4 nitrogen and oxygen atoms in total. The molecule has 2 heterocycles. The molecule has 0 aromatic carbocycles. The zero-order valence-corrected chi connectivity index (χ0v) is 16.8. The van der Waals surface area contributed by atoms with Gasteiger partial charge in [0.15, 0.2) is 0 Å². The van der Waals surface area contributed by atoms with E-state index in [2.05, 4.69) is 23.5 Å². The van der Waals surface area contributed by atoms with E-state index in [-0.39, 0.29) is 11.9 Å². The molecule has 0 saturated carbocycles. The highest BCUT2D eigenvalue weighted by molar-refractivity contribution is 8.00. The van der Waals surface area contributed by atoms with Crippen LogP contribution in [0, 0.1) is 11.8 Å². The molecule has 2 saturated heterocycles. The zero-order valence-electron chi connectivity index (χ0n) is 15.2. The van der Waals surface area contributed by atoms with E-state index in [0.717, 1.165) is 12.8 Å². The molecule has 0 bridgehead atoms. The third kappa shape index (κ3) is 9.78. The highest BCUT2D eigenvalue weighted by Crippen LogP contribution is 2.22. The van der Waals surface area contributed by atoms with E-state index in [4.69, 9.17) is 9.47 Å². The van der Waals surface area contributed by atoms with Crippen molar-refractivity contribution in [3.05, 3.63) is 0 Å². The van der Waals surface area contributed by atoms with Crippen LogP contribution >= 0.6 is 23.5 Å². The number of carbonyl (C=O) groups is 2. The minimum Gasteiger partial charge on any atom is -0.465 e. The van der Waals surface area contributed by atoms with Crippen molar-refractivity contribution >= 4 is 35.5 Å². The molecule has 2 aliphatic rings. The predicted octanol–water partition coefficient (Wildman–Crippen LogP) is 4.31. The van der Waals surface area contributed by atoms with Crippen LogP contribution in [-0.2, 0) is 19.1 Å². The number of rotatable bonds is 12. The van der Waals surface area contributed by atoms with E-state index in [1.54, 1.807) is 0 Å². The van der Waals surface area contributed by atoms with Crippen LogP contribution in [0.1, 0.15) is 57.8 Å². The van der Waals surface area contributed by atoms with E-state index in [1.807, 2.05) is 0 Å². The largest absolute Gasteiger partial charge is 0.465 e. The summed E-state index contributed by atoms with van der Waals surface area (Å²) in [6.45, 7) is 1.28. The fraction of sp³-hybridized carbons (Fsp3) is 0.895. The number of hydrogen-bond acceptors (Lipinski definition) is 6. The van der Waals surface area contributed by atoms with Gasteiger partial charge in [-0.3, -0.25) is 9.59 Å². The Morgan fingerprint density at radius 2 is 1.16 bits per heavy atom. The quantitative estimate of drug-likeness (QED) is 0.367. The van der Waals surface area contributed by atoms with Crippen LogP contribution in [0.2, 0.25) is 0 Å². The summed E-state index contributed by atoms with van der Waals surface area (Å²) in [7, 11) is 0. The Morgan fingerprint density at radius 3 is 1.56 bits per heavy atom. The first-order valence-corrected chi connectivity index (χ1v) is 12.0. The van der Waals surface area contributed by atoms with Gasteiger partial charge < -0.3 is 9.47 Å². The van der Waals surface area contributed by atoms with Crippen molar-refractivity contribution < 1.29 is 19.1 Å². The average Bonchev–Trinajstić information content (AvgIpc) is 2.63. The molecule has 144 valence electrons. The number of thioether (sulfide) groups is 2. The standard InChI is InChI=1S/C19H32O4S2/c20-18-8-6-16(14-22-18)4-1-10-24-12-3-13-25-11-2-5-17-7-9-19(21)23-15-17/h16-17H,1-15H2. The second-order valence-electron chi connectivity index (χ2n) is 7.04. The molecule has 0 N–H and O–H groups in total. The Balaban J connectivity index is 1.29. The van der Waals surface area contributed by atoms with Gasteiger partial charge in [0.25, 0.3) is 0 Å². The highest BCUT2D eigenvalue weighted by atomic mass is 32.2. The van der Waals surface area contributed by atoms with Gasteiger partial charge in [-0.25, -0.2) is 0 Å². The Bertz CT molecular complexity index is 347. The summed E-state index contributed by atoms with van der Waals surface area (Å²) < 4.78 is 10.2. The summed E-state index contributed by atoms with van der Waals surface area (Å²) >= 11 is 4.12. The maximum Gasteiger partial charge on any atom is 0.305 e. The summed E-state index contributed by atoms with van der Waals surface area (Å²) in [5.41, 5.74) is 0. The van der Waals surface area contributed by atoms with Crippen LogP contribution in [0.3, 0.4) is 0 Å². The van der Waals surface area contributed by atoms with E-state index < -0.39 is 0 Å². The lowest BCUT2D eigenvalue weighted by Crippen LogP contribution is -2.21. The molecule has 2 aliphatic heterocycles. The van der Waals surface area contributed by atoms with Gasteiger partial charge in [-0.2, -0.15) is 23.5 Å². The Morgan fingerprint density at radius 1 is 0.720 bits per heavy atom. The van der Waals surface area contributed by atoms with Crippen molar-refractivity contribution in [2.75, 3.05) is 36.2 Å². The Kier molecular flexibility index (Phi) is 10.8. The molecule has 6 heteroatoms. The minimum absolute atomic E-state index is 0.0229.